The molecule has 1 aliphatic rings. The molecule has 2 rings (SSSR count). The minimum atomic E-state index is 0.109. The van der Waals surface area contributed by atoms with E-state index in [0.29, 0.717) is 24.4 Å². The van der Waals surface area contributed by atoms with Gasteiger partial charge in [0.25, 0.3) is 0 Å². The van der Waals surface area contributed by atoms with Gasteiger partial charge in [-0.1, -0.05) is 38.1 Å². The van der Waals surface area contributed by atoms with Crippen molar-refractivity contribution >= 4 is 5.91 Å². The zero-order valence-corrected chi connectivity index (χ0v) is 12.8. The third-order valence-electron chi connectivity index (χ3n) is 4.03. The number of aryl methyl sites for hydroxylation is 1. The van der Waals surface area contributed by atoms with Crippen molar-refractivity contribution in [2.75, 3.05) is 13.1 Å². The summed E-state index contributed by atoms with van der Waals surface area (Å²) < 4.78 is 0. The van der Waals surface area contributed by atoms with Gasteiger partial charge in [0, 0.05) is 12.6 Å². The van der Waals surface area contributed by atoms with Crippen LogP contribution in [0.2, 0.25) is 0 Å². The van der Waals surface area contributed by atoms with Gasteiger partial charge in [-0.25, -0.2) is 0 Å². The number of carbonyl (C=O) groups is 1. The molecule has 1 aliphatic carbocycles. The van der Waals surface area contributed by atoms with Gasteiger partial charge in [-0.05, 0) is 42.7 Å². The van der Waals surface area contributed by atoms with Crippen LogP contribution in [-0.4, -0.2) is 25.0 Å². The van der Waals surface area contributed by atoms with Crippen molar-refractivity contribution in [2.45, 2.75) is 45.6 Å². The molecular formula is C17H26N2O. The van der Waals surface area contributed by atoms with E-state index in [1.165, 1.54) is 11.1 Å². The molecule has 1 aromatic carbocycles. The van der Waals surface area contributed by atoms with Crippen LogP contribution < -0.4 is 10.6 Å². The summed E-state index contributed by atoms with van der Waals surface area (Å²) in [5, 5.41) is 6.29. The van der Waals surface area contributed by atoms with Crippen LogP contribution in [0.15, 0.2) is 24.3 Å². The summed E-state index contributed by atoms with van der Waals surface area (Å²) in [4.78, 5) is 11.6. The number of amides is 1. The summed E-state index contributed by atoms with van der Waals surface area (Å²) in [5.41, 5.74) is 2.85. The molecule has 0 unspecified atom stereocenters. The maximum absolute atomic E-state index is 11.6. The molecule has 1 fully saturated rings. The Balaban J connectivity index is 1.67. The third kappa shape index (κ3) is 4.07. The van der Waals surface area contributed by atoms with E-state index in [1.807, 2.05) is 0 Å². The average molecular weight is 274 g/mol. The van der Waals surface area contributed by atoms with Crippen molar-refractivity contribution < 1.29 is 4.79 Å². The Kier molecular flexibility index (Phi) is 5.18. The normalized spacial score (nSPS) is 21.6. The summed E-state index contributed by atoms with van der Waals surface area (Å²) in [7, 11) is 0. The van der Waals surface area contributed by atoms with E-state index in [-0.39, 0.29) is 5.91 Å². The van der Waals surface area contributed by atoms with Crippen LogP contribution in [0, 0.1) is 12.8 Å². The van der Waals surface area contributed by atoms with Gasteiger partial charge in [-0.2, -0.15) is 0 Å². The van der Waals surface area contributed by atoms with Crippen LogP contribution in [-0.2, 0) is 4.79 Å². The molecule has 0 bridgehead atoms. The van der Waals surface area contributed by atoms with Crippen LogP contribution in [0.1, 0.15) is 43.7 Å². The number of nitrogens with one attached hydrogen (secondary N) is 2. The first-order valence-corrected chi connectivity index (χ1v) is 7.62. The molecule has 1 aromatic rings. The van der Waals surface area contributed by atoms with E-state index >= 15 is 0 Å². The fraction of sp³-hybridized carbons (Fsp3) is 0.588. The Morgan fingerprint density at radius 1 is 1.30 bits per heavy atom. The molecule has 3 nitrogen and oxygen atoms in total. The van der Waals surface area contributed by atoms with Gasteiger partial charge in [0.15, 0.2) is 0 Å². The van der Waals surface area contributed by atoms with Crippen LogP contribution in [0.3, 0.4) is 0 Å². The van der Waals surface area contributed by atoms with E-state index < -0.39 is 0 Å². The summed E-state index contributed by atoms with van der Waals surface area (Å²) in [6.45, 7) is 7.59. The number of hydrogen-bond acceptors (Lipinski definition) is 2. The second-order valence-electron chi connectivity index (χ2n) is 6.30. The van der Waals surface area contributed by atoms with E-state index in [1.54, 1.807) is 0 Å². The van der Waals surface area contributed by atoms with Gasteiger partial charge in [0.2, 0.25) is 5.91 Å². The Hall–Kier alpha value is -1.35. The van der Waals surface area contributed by atoms with Gasteiger partial charge in [0.1, 0.15) is 0 Å². The molecule has 1 saturated carbocycles. The number of benzene rings is 1. The highest BCUT2D eigenvalue weighted by Crippen LogP contribution is 2.38. The van der Waals surface area contributed by atoms with E-state index in [0.717, 1.165) is 19.4 Å². The molecule has 0 saturated heterocycles. The Labute approximate surface area is 122 Å². The first kappa shape index (κ1) is 15.0. The second-order valence-corrected chi connectivity index (χ2v) is 6.30. The lowest BCUT2D eigenvalue weighted by atomic mass is 9.74. The van der Waals surface area contributed by atoms with E-state index in [4.69, 9.17) is 0 Å². The van der Waals surface area contributed by atoms with E-state index in [2.05, 4.69) is 55.7 Å². The predicted molar refractivity (Wildman–Crippen MR) is 82.8 cm³/mol. The van der Waals surface area contributed by atoms with Gasteiger partial charge in [-0.15, -0.1) is 0 Å². The summed E-state index contributed by atoms with van der Waals surface area (Å²) in [6, 6.07) is 9.10. The highest BCUT2D eigenvalue weighted by molar-refractivity contribution is 5.78. The minimum absolute atomic E-state index is 0.109. The quantitative estimate of drug-likeness (QED) is 0.837. The van der Waals surface area contributed by atoms with Crippen molar-refractivity contribution in [3.05, 3.63) is 35.4 Å². The molecule has 0 atom stereocenters. The summed E-state index contributed by atoms with van der Waals surface area (Å²) >= 11 is 0. The Morgan fingerprint density at radius 3 is 2.65 bits per heavy atom. The molecule has 20 heavy (non-hydrogen) atoms. The Bertz CT molecular complexity index is 450. The highest BCUT2D eigenvalue weighted by atomic mass is 16.1. The van der Waals surface area contributed by atoms with Crippen LogP contribution in [0.5, 0.6) is 0 Å². The number of carbonyl (C=O) groups excluding carboxylic acids is 1. The second kappa shape index (κ2) is 6.89. The van der Waals surface area contributed by atoms with E-state index in [9.17, 15) is 4.79 Å². The van der Waals surface area contributed by atoms with Crippen LogP contribution in [0.4, 0.5) is 0 Å². The molecule has 1 amide bonds. The van der Waals surface area contributed by atoms with Crippen molar-refractivity contribution in [3.63, 3.8) is 0 Å². The van der Waals surface area contributed by atoms with Crippen molar-refractivity contribution in [3.8, 4) is 0 Å². The first-order valence-electron chi connectivity index (χ1n) is 7.62. The highest BCUT2D eigenvalue weighted by Gasteiger charge is 2.30. The molecule has 0 aliphatic heterocycles. The van der Waals surface area contributed by atoms with Crippen molar-refractivity contribution in [1.82, 2.24) is 10.6 Å². The fourth-order valence-corrected chi connectivity index (χ4v) is 2.70. The Morgan fingerprint density at radius 2 is 2.00 bits per heavy atom. The van der Waals surface area contributed by atoms with Gasteiger partial charge in [0.05, 0.1) is 6.54 Å². The first-order chi connectivity index (χ1) is 9.56. The molecule has 0 spiro atoms. The zero-order chi connectivity index (χ0) is 14.5. The van der Waals surface area contributed by atoms with Crippen molar-refractivity contribution in [2.24, 2.45) is 5.92 Å². The average Bonchev–Trinajstić information content (AvgIpc) is 2.36. The lowest BCUT2D eigenvalue weighted by Gasteiger charge is -2.37. The van der Waals surface area contributed by atoms with Crippen LogP contribution in [0.25, 0.3) is 0 Å². The topological polar surface area (TPSA) is 41.1 Å². The third-order valence-corrected chi connectivity index (χ3v) is 4.03. The van der Waals surface area contributed by atoms with Crippen molar-refractivity contribution in [1.29, 1.82) is 0 Å². The maximum atomic E-state index is 11.6. The minimum Gasteiger partial charge on any atom is -0.355 e. The number of rotatable bonds is 6. The summed E-state index contributed by atoms with van der Waals surface area (Å²) in [6.07, 6.45) is 2.28. The number of hydrogen-bond donors (Lipinski definition) is 2. The lowest BCUT2D eigenvalue weighted by molar-refractivity contribution is -0.120. The molecule has 3 heteroatoms. The molecule has 0 radical (unpaired) electrons. The standard InChI is InChI=1S/C17H26N2O/c1-12(2)10-19-17(20)11-18-15-8-14(9-15)16-7-5-4-6-13(16)3/h4-7,12,14-15,18H,8-11H2,1-3H3,(H,19,20). The van der Waals surface area contributed by atoms with Crippen LogP contribution >= 0.6 is 0 Å². The lowest BCUT2D eigenvalue weighted by Crippen LogP contribution is -2.45. The molecule has 0 heterocycles. The van der Waals surface area contributed by atoms with Gasteiger partial charge < -0.3 is 10.6 Å². The SMILES string of the molecule is Cc1ccccc1C1CC(NCC(=O)NCC(C)C)C1. The monoisotopic (exact) mass is 274 g/mol. The maximum Gasteiger partial charge on any atom is 0.233 e. The van der Waals surface area contributed by atoms with Gasteiger partial charge >= 0.3 is 0 Å². The predicted octanol–water partition coefficient (Wildman–Crippen LogP) is 2.60. The summed E-state index contributed by atoms with van der Waals surface area (Å²) in [5.74, 6) is 1.28. The molecular weight excluding hydrogens is 248 g/mol. The largest absolute Gasteiger partial charge is 0.355 e. The zero-order valence-electron chi connectivity index (χ0n) is 12.8. The molecule has 0 aromatic heterocycles. The molecule has 2 N–H and O–H groups in total. The fourth-order valence-electron chi connectivity index (χ4n) is 2.70. The molecule has 110 valence electrons. The van der Waals surface area contributed by atoms with Gasteiger partial charge in [-0.3, -0.25) is 4.79 Å². The smallest absolute Gasteiger partial charge is 0.233 e.